The average Bonchev–Trinajstić information content (AvgIpc) is 2.86. The van der Waals surface area contributed by atoms with Crippen molar-refractivity contribution in [2.24, 2.45) is 0 Å². The predicted molar refractivity (Wildman–Crippen MR) is 134 cm³/mol. The van der Waals surface area contributed by atoms with Crippen molar-refractivity contribution in [1.29, 1.82) is 0 Å². The average molecular weight is 493 g/mol. The number of Topliss-reactive ketones (excluding diaryl/α,β-unsaturated/α-hetero) is 1. The van der Waals surface area contributed by atoms with Crippen LogP contribution in [-0.4, -0.2) is 38.0 Å². The lowest BCUT2D eigenvalue weighted by Gasteiger charge is -2.33. The Hall–Kier alpha value is -3.52. The van der Waals surface area contributed by atoms with Gasteiger partial charge in [-0.25, -0.2) is 13.4 Å². The molecule has 1 aromatic heterocycles. The highest BCUT2D eigenvalue weighted by Crippen LogP contribution is 2.38. The maximum Gasteiger partial charge on any atom is 0.229 e. The van der Waals surface area contributed by atoms with Crippen LogP contribution in [0.5, 0.6) is 5.75 Å². The summed E-state index contributed by atoms with van der Waals surface area (Å²) < 4.78 is 29.1. The summed E-state index contributed by atoms with van der Waals surface area (Å²) in [6.07, 6.45) is 1.31. The summed E-state index contributed by atoms with van der Waals surface area (Å²) in [5, 5.41) is 2.78. The van der Waals surface area contributed by atoms with Gasteiger partial charge in [-0.3, -0.25) is 9.59 Å². The van der Waals surface area contributed by atoms with Crippen molar-refractivity contribution in [2.75, 3.05) is 18.2 Å². The zero-order chi connectivity index (χ0) is 25.2. The molecule has 1 heterocycles. The molecule has 0 saturated carbocycles. The lowest BCUT2D eigenvalue weighted by Crippen LogP contribution is -2.38. The van der Waals surface area contributed by atoms with E-state index < -0.39 is 15.3 Å². The molecule has 2 aromatic carbocycles. The Morgan fingerprint density at radius 1 is 1.06 bits per heavy atom. The summed E-state index contributed by atoms with van der Waals surface area (Å²) in [5.41, 5.74) is 2.22. The van der Waals surface area contributed by atoms with Crippen LogP contribution in [0.2, 0.25) is 0 Å². The molecule has 0 bridgehead atoms. The third-order valence-corrected chi connectivity index (χ3v) is 8.35. The molecule has 3 aromatic rings. The highest BCUT2D eigenvalue weighted by atomic mass is 32.2. The van der Waals surface area contributed by atoms with Gasteiger partial charge in [0.1, 0.15) is 11.6 Å². The van der Waals surface area contributed by atoms with Gasteiger partial charge >= 0.3 is 0 Å². The molecule has 4 rings (SSSR count). The van der Waals surface area contributed by atoms with Crippen molar-refractivity contribution in [3.63, 3.8) is 0 Å². The van der Waals surface area contributed by atoms with Gasteiger partial charge in [-0.1, -0.05) is 31.2 Å². The molecule has 35 heavy (non-hydrogen) atoms. The van der Waals surface area contributed by atoms with Gasteiger partial charge in [0.15, 0.2) is 15.6 Å². The van der Waals surface area contributed by atoms with Crippen LogP contribution in [0.25, 0.3) is 0 Å². The minimum Gasteiger partial charge on any atom is -0.497 e. The van der Waals surface area contributed by atoms with Gasteiger partial charge in [-0.2, -0.15) is 0 Å². The normalized spacial score (nSPS) is 17.5. The monoisotopic (exact) mass is 492 g/mol. The number of methoxy groups -OCH3 is 1. The van der Waals surface area contributed by atoms with Gasteiger partial charge in [0.2, 0.25) is 5.91 Å². The van der Waals surface area contributed by atoms with Gasteiger partial charge in [0, 0.05) is 5.56 Å². The highest BCUT2D eigenvalue weighted by Gasteiger charge is 2.40. The first-order chi connectivity index (χ1) is 16.7. The number of fused-ring (bicyclic) bond motifs is 1. The number of hydrogen-bond donors (Lipinski definition) is 1. The fourth-order valence-electron chi connectivity index (χ4n) is 4.34. The number of sulfone groups is 1. The van der Waals surface area contributed by atoms with Crippen LogP contribution in [-0.2, 0) is 32.9 Å². The zero-order valence-electron chi connectivity index (χ0n) is 20.0. The van der Waals surface area contributed by atoms with E-state index >= 15 is 0 Å². The van der Waals surface area contributed by atoms with E-state index in [9.17, 15) is 18.0 Å². The second-order valence-corrected chi connectivity index (χ2v) is 11.1. The number of hydrogen-bond acceptors (Lipinski definition) is 6. The van der Waals surface area contributed by atoms with Crippen molar-refractivity contribution >= 4 is 27.3 Å². The van der Waals surface area contributed by atoms with Crippen molar-refractivity contribution in [3.8, 4) is 5.75 Å². The third-order valence-electron chi connectivity index (χ3n) is 6.60. The van der Waals surface area contributed by atoms with Gasteiger partial charge in [-0.15, -0.1) is 0 Å². The molecule has 1 N–H and O–H groups in total. The predicted octanol–water partition coefficient (Wildman–Crippen LogP) is 4.15. The number of nitrogens with one attached hydrogen (secondary N) is 1. The second kappa shape index (κ2) is 9.62. The fourth-order valence-corrected chi connectivity index (χ4v) is 5.22. The summed E-state index contributed by atoms with van der Waals surface area (Å²) in [5.74, 6) is 0.897. The Balaban J connectivity index is 1.46. The molecule has 1 aliphatic carbocycles. The highest BCUT2D eigenvalue weighted by molar-refractivity contribution is 7.91. The Bertz CT molecular complexity index is 1370. The lowest BCUT2D eigenvalue weighted by molar-refractivity contribution is -0.115. The number of anilines is 1. The van der Waals surface area contributed by atoms with E-state index in [2.05, 4.69) is 10.3 Å². The van der Waals surface area contributed by atoms with Crippen LogP contribution in [0.4, 0.5) is 5.82 Å². The largest absolute Gasteiger partial charge is 0.497 e. The molecule has 0 fully saturated rings. The smallest absolute Gasteiger partial charge is 0.229 e. The van der Waals surface area contributed by atoms with Crippen LogP contribution in [0.3, 0.4) is 0 Å². The summed E-state index contributed by atoms with van der Waals surface area (Å²) in [4.78, 5) is 30.7. The molecule has 0 spiro atoms. The molecule has 0 aliphatic heterocycles. The number of ether oxygens (including phenoxy) is 1. The molecule has 8 heteroatoms. The third kappa shape index (κ3) is 4.98. The second-order valence-electron chi connectivity index (χ2n) is 8.85. The maximum absolute atomic E-state index is 13.4. The van der Waals surface area contributed by atoms with E-state index in [0.29, 0.717) is 35.5 Å². The summed E-state index contributed by atoms with van der Waals surface area (Å²) in [7, 11) is -1.67. The first-order valence-corrected chi connectivity index (χ1v) is 13.1. The zero-order valence-corrected chi connectivity index (χ0v) is 20.8. The minimum absolute atomic E-state index is 0.0106. The first-order valence-electron chi connectivity index (χ1n) is 11.5. The van der Waals surface area contributed by atoms with E-state index in [-0.39, 0.29) is 28.8 Å². The van der Waals surface area contributed by atoms with Crippen molar-refractivity contribution in [2.45, 2.75) is 43.4 Å². The molecule has 0 radical (unpaired) electrons. The van der Waals surface area contributed by atoms with Crippen molar-refractivity contribution < 1.29 is 22.7 Å². The molecule has 182 valence electrons. The number of carbonyl (C=O) groups is 2. The fraction of sp³-hybridized carbons (Fsp3) is 0.296. The Kier molecular flexibility index (Phi) is 6.76. The molecule has 1 atom stereocenters. The molecule has 1 amide bonds. The van der Waals surface area contributed by atoms with Crippen LogP contribution in [0.15, 0.2) is 65.6 Å². The molecule has 7 nitrogen and oxygen atoms in total. The summed E-state index contributed by atoms with van der Waals surface area (Å²) >= 11 is 0. The molecular weight excluding hydrogens is 464 g/mol. The van der Waals surface area contributed by atoms with E-state index in [1.165, 1.54) is 12.1 Å². The number of carbonyl (C=O) groups excluding carboxylic acids is 2. The number of pyridine rings is 1. The quantitative estimate of drug-likeness (QED) is 0.532. The van der Waals surface area contributed by atoms with Gasteiger partial charge < -0.3 is 10.1 Å². The standard InChI is InChI=1S/C27H28N2O5S/c1-4-35(32,33)21-11-5-18(6-12-21)17-25(30)29-24-14-13-22-23(28-24)15-16-27(2,26(22)31)19-7-9-20(34-3)10-8-19/h5-14H,4,15-17H2,1-3H3,(H,28,29,30). The lowest BCUT2D eigenvalue weighted by atomic mass is 9.69. The van der Waals surface area contributed by atoms with Crippen LogP contribution < -0.4 is 10.1 Å². The van der Waals surface area contributed by atoms with Crippen LogP contribution in [0.1, 0.15) is 47.4 Å². The molecule has 1 unspecified atom stereocenters. The Morgan fingerprint density at radius 2 is 1.74 bits per heavy atom. The van der Waals surface area contributed by atoms with Crippen molar-refractivity contribution in [1.82, 2.24) is 4.98 Å². The Morgan fingerprint density at radius 3 is 2.37 bits per heavy atom. The number of benzene rings is 2. The summed E-state index contributed by atoms with van der Waals surface area (Å²) in [6, 6.07) is 17.3. The molecule has 0 saturated heterocycles. The van der Waals surface area contributed by atoms with Crippen LogP contribution in [0, 0.1) is 0 Å². The minimum atomic E-state index is -3.28. The SMILES string of the molecule is CCS(=O)(=O)c1ccc(CC(=O)Nc2ccc3c(n2)CCC(C)(c2ccc(OC)cc2)C3=O)cc1. The van der Waals surface area contributed by atoms with E-state index in [4.69, 9.17) is 4.74 Å². The number of nitrogens with zero attached hydrogens (tertiary/aromatic N) is 1. The Labute approximate surface area is 205 Å². The number of aryl methyl sites for hydroxylation is 1. The maximum atomic E-state index is 13.4. The van der Waals surface area contributed by atoms with Gasteiger partial charge in [-0.05, 0) is 67.3 Å². The number of amides is 1. The van der Waals surface area contributed by atoms with Gasteiger partial charge in [0.05, 0.1) is 35.3 Å². The molecular formula is C27H28N2O5S. The van der Waals surface area contributed by atoms with E-state index in [1.807, 2.05) is 31.2 Å². The van der Waals surface area contributed by atoms with E-state index in [0.717, 1.165) is 11.3 Å². The van der Waals surface area contributed by atoms with Crippen molar-refractivity contribution in [3.05, 3.63) is 83.0 Å². The number of ketones is 1. The van der Waals surface area contributed by atoms with E-state index in [1.54, 1.807) is 38.3 Å². The van der Waals surface area contributed by atoms with Crippen LogP contribution >= 0.6 is 0 Å². The van der Waals surface area contributed by atoms with Gasteiger partial charge in [0.25, 0.3) is 0 Å². The molecule has 1 aliphatic rings. The first kappa shape index (κ1) is 24.6. The number of aromatic nitrogens is 1. The summed E-state index contributed by atoms with van der Waals surface area (Å²) in [6.45, 7) is 3.54. The topological polar surface area (TPSA) is 102 Å². The number of rotatable bonds is 7.